The molecule has 0 atom stereocenters. The zero-order valence-electron chi connectivity index (χ0n) is 12.5. The molecule has 4 nitrogen and oxygen atoms in total. The van der Waals surface area contributed by atoms with Crippen molar-refractivity contribution in [2.75, 3.05) is 6.61 Å². The van der Waals surface area contributed by atoms with Crippen LogP contribution in [0.15, 0.2) is 47.6 Å². The van der Waals surface area contributed by atoms with Gasteiger partial charge in [-0.1, -0.05) is 41.4 Å². The number of halogens is 1. The predicted molar refractivity (Wildman–Crippen MR) is 88.6 cm³/mol. The first-order chi connectivity index (χ1) is 10.5. The molecule has 2 aromatic rings. The fourth-order valence-electron chi connectivity index (χ4n) is 1.88. The van der Waals surface area contributed by atoms with Crippen molar-refractivity contribution < 1.29 is 9.53 Å². The minimum absolute atomic E-state index is 0.104. The minimum Gasteiger partial charge on any atom is -0.483 e. The molecule has 0 saturated heterocycles. The number of benzene rings is 2. The molecule has 0 unspecified atom stereocenters. The van der Waals surface area contributed by atoms with Gasteiger partial charge in [0.1, 0.15) is 5.75 Å². The minimum atomic E-state index is -0.321. The summed E-state index contributed by atoms with van der Waals surface area (Å²) in [6, 6.07) is 13.1. The third kappa shape index (κ3) is 4.90. The highest BCUT2D eigenvalue weighted by atomic mass is 35.5. The Morgan fingerprint density at radius 1 is 1.27 bits per heavy atom. The molecule has 5 heteroatoms. The van der Waals surface area contributed by atoms with Gasteiger partial charge in [0, 0.05) is 5.02 Å². The molecule has 0 heterocycles. The van der Waals surface area contributed by atoms with Crippen molar-refractivity contribution in [3.05, 3.63) is 64.2 Å². The van der Waals surface area contributed by atoms with E-state index in [0.29, 0.717) is 10.8 Å². The lowest BCUT2D eigenvalue weighted by atomic mass is 10.2. The molecule has 2 rings (SSSR count). The van der Waals surface area contributed by atoms with E-state index in [1.165, 1.54) is 0 Å². The predicted octanol–water partition coefficient (Wildman–Crippen LogP) is 3.49. The van der Waals surface area contributed by atoms with Crippen LogP contribution in [0.3, 0.4) is 0 Å². The maximum atomic E-state index is 11.7. The average molecular weight is 317 g/mol. The summed E-state index contributed by atoms with van der Waals surface area (Å²) < 4.78 is 5.43. The number of ether oxygens (including phenoxy) is 1. The van der Waals surface area contributed by atoms with Gasteiger partial charge in [-0.3, -0.25) is 4.79 Å². The molecule has 2 aromatic carbocycles. The molecule has 0 fully saturated rings. The van der Waals surface area contributed by atoms with Crippen LogP contribution in [-0.2, 0) is 4.79 Å². The summed E-state index contributed by atoms with van der Waals surface area (Å²) in [6.07, 6.45) is 1.60. The van der Waals surface area contributed by atoms with Crippen LogP contribution >= 0.6 is 11.6 Å². The molecule has 0 aromatic heterocycles. The summed E-state index contributed by atoms with van der Waals surface area (Å²) in [5, 5.41) is 4.54. The highest BCUT2D eigenvalue weighted by Gasteiger charge is 2.04. The second-order valence-corrected chi connectivity index (χ2v) is 5.34. The second-order valence-electron chi connectivity index (χ2n) is 4.91. The van der Waals surface area contributed by atoms with Crippen LogP contribution in [0, 0.1) is 13.8 Å². The number of hydrogen-bond acceptors (Lipinski definition) is 3. The molecule has 0 aliphatic carbocycles. The molecule has 22 heavy (non-hydrogen) atoms. The van der Waals surface area contributed by atoms with Crippen LogP contribution in [-0.4, -0.2) is 18.7 Å². The zero-order valence-corrected chi connectivity index (χ0v) is 13.2. The highest BCUT2D eigenvalue weighted by Crippen LogP contribution is 2.21. The van der Waals surface area contributed by atoms with Gasteiger partial charge in [-0.15, -0.1) is 0 Å². The van der Waals surface area contributed by atoms with Crippen molar-refractivity contribution in [3.63, 3.8) is 0 Å². The number of amides is 1. The zero-order chi connectivity index (χ0) is 15.9. The number of carbonyl (C=O) groups excluding carboxylic acids is 1. The van der Waals surface area contributed by atoms with Gasteiger partial charge in [0.15, 0.2) is 6.61 Å². The van der Waals surface area contributed by atoms with E-state index in [-0.39, 0.29) is 12.5 Å². The van der Waals surface area contributed by atoms with E-state index in [1.54, 1.807) is 24.4 Å². The van der Waals surface area contributed by atoms with E-state index < -0.39 is 0 Å². The molecule has 0 saturated carbocycles. The normalized spacial score (nSPS) is 10.7. The summed E-state index contributed by atoms with van der Waals surface area (Å²) in [5.41, 5.74) is 5.37. The number of aryl methyl sites for hydroxylation is 2. The fourth-order valence-corrected chi connectivity index (χ4v) is 2.11. The van der Waals surface area contributed by atoms with Gasteiger partial charge in [-0.2, -0.15) is 5.10 Å². The van der Waals surface area contributed by atoms with Gasteiger partial charge >= 0.3 is 0 Å². The van der Waals surface area contributed by atoms with E-state index in [1.807, 2.05) is 38.1 Å². The molecule has 1 N–H and O–H groups in total. The molecule has 114 valence electrons. The van der Waals surface area contributed by atoms with Crippen LogP contribution in [0.2, 0.25) is 5.02 Å². The van der Waals surface area contributed by atoms with Gasteiger partial charge in [0.05, 0.1) is 6.21 Å². The van der Waals surface area contributed by atoms with E-state index in [9.17, 15) is 4.79 Å². The summed E-state index contributed by atoms with van der Waals surface area (Å²) in [4.78, 5) is 11.7. The molecule has 0 bridgehead atoms. The second kappa shape index (κ2) is 7.61. The van der Waals surface area contributed by atoms with Crippen molar-refractivity contribution in [2.45, 2.75) is 13.8 Å². The van der Waals surface area contributed by atoms with Crippen molar-refractivity contribution >= 4 is 23.7 Å². The quantitative estimate of drug-likeness (QED) is 0.678. The van der Waals surface area contributed by atoms with Crippen LogP contribution in [0.5, 0.6) is 5.75 Å². The topological polar surface area (TPSA) is 50.7 Å². The smallest absolute Gasteiger partial charge is 0.277 e. The number of nitrogens with zero attached hydrogens (tertiary/aromatic N) is 1. The Morgan fingerprint density at radius 2 is 2.09 bits per heavy atom. The first-order valence-electron chi connectivity index (χ1n) is 6.82. The number of nitrogens with one attached hydrogen (secondary N) is 1. The third-order valence-electron chi connectivity index (χ3n) is 2.94. The first-order valence-corrected chi connectivity index (χ1v) is 7.20. The standard InChI is InChI=1S/C17H17ClN2O2/c1-12-4-3-5-14(8-12)10-19-20-17(21)11-22-16-7-6-15(18)9-13(16)2/h3-10H,11H2,1-2H3,(H,20,21)/b19-10-. The largest absolute Gasteiger partial charge is 0.483 e. The number of carbonyl (C=O) groups is 1. The molecular formula is C17H17ClN2O2. The highest BCUT2D eigenvalue weighted by molar-refractivity contribution is 6.30. The Balaban J connectivity index is 1.83. The van der Waals surface area contributed by atoms with E-state index in [4.69, 9.17) is 16.3 Å². The Kier molecular flexibility index (Phi) is 5.55. The monoisotopic (exact) mass is 316 g/mol. The van der Waals surface area contributed by atoms with Gasteiger partial charge < -0.3 is 4.74 Å². The van der Waals surface area contributed by atoms with Gasteiger partial charge in [-0.25, -0.2) is 5.43 Å². The Bertz CT molecular complexity index is 699. The maximum Gasteiger partial charge on any atom is 0.277 e. The van der Waals surface area contributed by atoms with Crippen molar-refractivity contribution in [1.82, 2.24) is 5.43 Å². The van der Waals surface area contributed by atoms with Crippen LogP contribution in [0.1, 0.15) is 16.7 Å². The van der Waals surface area contributed by atoms with Gasteiger partial charge in [0.25, 0.3) is 5.91 Å². The Hall–Kier alpha value is -2.33. The summed E-state index contributed by atoms with van der Waals surface area (Å²) >= 11 is 5.86. The summed E-state index contributed by atoms with van der Waals surface area (Å²) in [7, 11) is 0. The summed E-state index contributed by atoms with van der Waals surface area (Å²) in [6.45, 7) is 3.76. The van der Waals surface area contributed by atoms with E-state index in [2.05, 4.69) is 10.5 Å². The molecule has 0 radical (unpaired) electrons. The lowest BCUT2D eigenvalue weighted by Crippen LogP contribution is -2.24. The molecular weight excluding hydrogens is 300 g/mol. The first kappa shape index (κ1) is 16.0. The van der Waals surface area contributed by atoms with E-state index in [0.717, 1.165) is 16.7 Å². The number of rotatable bonds is 5. The number of hydrazone groups is 1. The molecule has 0 aliphatic heterocycles. The molecule has 0 spiro atoms. The molecule has 0 aliphatic rings. The average Bonchev–Trinajstić information content (AvgIpc) is 2.46. The van der Waals surface area contributed by atoms with Crippen LogP contribution in [0.4, 0.5) is 0 Å². The van der Waals surface area contributed by atoms with Gasteiger partial charge in [-0.05, 0) is 43.2 Å². The number of hydrogen-bond donors (Lipinski definition) is 1. The Morgan fingerprint density at radius 3 is 2.82 bits per heavy atom. The van der Waals surface area contributed by atoms with Crippen LogP contribution in [0.25, 0.3) is 0 Å². The van der Waals surface area contributed by atoms with E-state index >= 15 is 0 Å². The lowest BCUT2D eigenvalue weighted by molar-refractivity contribution is -0.123. The van der Waals surface area contributed by atoms with Crippen molar-refractivity contribution in [3.8, 4) is 5.75 Å². The fraction of sp³-hybridized carbons (Fsp3) is 0.176. The summed E-state index contributed by atoms with van der Waals surface area (Å²) in [5.74, 6) is 0.306. The van der Waals surface area contributed by atoms with Gasteiger partial charge in [0.2, 0.25) is 0 Å². The lowest BCUT2D eigenvalue weighted by Gasteiger charge is -2.08. The Labute approximate surface area is 134 Å². The maximum absolute atomic E-state index is 11.7. The SMILES string of the molecule is Cc1cccc(/C=N\NC(=O)COc2ccc(Cl)cc2C)c1. The third-order valence-corrected chi connectivity index (χ3v) is 3.18. The molecule has 1 amide bonds. The van der Waals surface area contributed by atoms with Crippen LogP contribution < -0.4 is 10.2 Å². The van der Waals surface area contributed by atoms with Crippen molar-refractivity contribution in [1.29, 1.82) is 0 Å². The van der Waals surface area contributed by atoms with Crippen molar-refractivity contribution in [2.24, 2.45) is 5.10 Å².